The highest BCUT2D eigenvalue weighted by molar-refractivity contribution is 7.10. The van der Waals surface area contributed by atoms with E-state index < -0.39 is 5.54 Å². The summed E-state index contributed by atoms with van der Waals surface area (Å²) in [7, 11) is 0. The Bertz CT molecular complexity index is 1150. The average Bonchev–Trinajstić information content (AvgIpc) is 3.51. The fraction of sp³-hybridized carbons (Fsp3) is 0.407. The van der Waals surface area contributed by atoms with Gasteiger partial charge in [-0.3, -0.25) is 4.79 Å². The summed E-state index contributed by atoms with van der Waals surface area (Å²) >= 11 is 1.66. The van der Waals surface area contributed by atoms with Gasteiger partial charge in [0, 0.05) is 11.1 Å². The number of benzene rings is 1. The highest BCUT2D eigenvalue weighted by Gasteiger charge is 2.40. The second-order valence-corrected chi connectivity index (χ2v) is 10.2. The zero-order valence-electron chi connectivity index (χ0n) is 19.5. The van der Waals surface area contributed by atoms with Crippen LogP contribution in [0.25, 0.3) is 5.69 Å². The molecule has 5 rings (SSSR count). The third-order valence-electron chi connectivity index (χ3n) is 7.01. The third-order valence-corrected chi connectivity index (χ3v) is 7.93. The molecule has 1 aromatic carbocycles. The molecule has 1 saturated carbocycles. The van der Waals surface area contributed by atoms with Crippen molar-refractivity contribution in [3.05, 3.63) is 76.2 Å². The van der Waals surface area contributed by atoms with Gasteiger partial charge >= 0.3 is 12.0 Å². The number of amides is 2. The summed E-state index contributed by atoms with van der Waals surface area (Å²) in [6.07, 6.45) is 7.00. The van der Waals surface area contributed by atoms with Crippen LogP contribution in [0.2, 0.25) is 0 Å². The van der Waals surface area contributed by atoms with E-state index >= 15 is 0 Å². The number of esters is 1. The van der Waals surface area contributed by atoms with E-state index in [0.717, 1.165) is 53.9 Å². The number of carbonyl (C=O) groups excluding carboxylic acids is 2. The van der Waals surface area contributed by atoms with Gasteiger partial charge in [-0.2, -0.15) is 0 Å². The first-order valence-electron chi connectivity index (χ1n) is 12.1. The van der Waals surface area contributed by atoms with Crippen LogP contribution in [-0.4, -0.2) is 33.6 Å². The minimum absolute atomic E-state index is 0.131. The molecule has 0 bridgehead atoms. The first-order chi connectivity index (χ1) is 16.6. The number of carbonyl (C=O) groups is 2. The first kappa shape index (κ1) is 22.7. The van der Waals surface area contributed by atoms with Gasteiger partial charge in [0.15, 0.2) is 0 Å². The van der Waals surface area contributed by atoms with E-state index in [9.17, 15) is 9.59 Å². The molecule has 1 fully saturated rings. The van der Waals surface area contributed by atoms with Gasteiger partial charge in [-0.25, -0.2) is 4.79 Å². The second-order valence-electron chi connectivity index (χ2n) is 9.23. The van der Waals surface area contributed by atoms with Gasteiger partial charge in [0.2, 0.25) is 0 Å². The molecule has 6 nitrogen and oxygen atoms in total. The van der Waals surface area contributed by atoms with Gasteiger partial charge < -0.3 is 19.5 Å². The van der Waals surface area contributed by atoms with Crippen molar-refractivity contribution in [3.63, 3.8) is 0 Å². The summed E-state index contributed by atoms with van der Waals surface area (Å²) in [6, 6.07) is 16.2. The molecule has 1 aliphatic heterocycles. The Labute approximate surface area is 204 Å². The largest absolute Gasteiger partial charge is 0.466 e. The lowest BCUT2D eigenvalue weighted by atomic mass is 9.79. The predicted octanol–water partition coefficient (Wildman–Crippen LogP) is 5.81. The number of urea groups is 1. The number of hydrogen-bond acceptors (Lipinski definition) is 4. The van der Waals surface area contributed by atoms with Gasteiger partial charge in [-0.15, -0.1) is 11.3 Å². The molecule has 0 spiro atoms. The van der Waals surface area contributed by atoms with Crippen LogP contribution < -0.4 is 5.32 Å². The van der Waals surface area contributed by atoms with Crippen molar-refractivity contribution in [2.45, 2.75) is 63.6 Å². The third kappa shape index (κ3) is 4.37. The Morgan fingerprint density at radius 1 is 1.09 bits per heavy atom. The van der Waals surface area contributed by atoms with Crippen molar-refractivity contribution >= 4 is 23.3 Å². The van der Waals surface area contributed by atoms with Crippen LogP contribution in [0.4, 0.5) is 4.79 Å². The van der Waals surface area contributed by atoms with Crippen molar-refractivity contribution in [3.8, 4) is 5.69 Å². The minimum atomic E-state index is -0.560. The molecular weight excluding hydrogens is 446 g/mol. The number of ether oxygens (including phenoxy) is 1. The molecule has 3 heterocycles. The van der Waals surface area contributed by atoms with Crippen molar-refractivity contribution < 1.29 is 14.3 Å². The van der Waals surface area contributed by atoms with Gasteiger partial charge in [0.1, 0.15) is 6.04 Å². The lowest BCUT2D eigenvalue weighted by Gasteiger charge is -2.40. The number of nitrogens with zero attached hydrogens (tertiary/aromatic N) is 2. The lowest BCUT2D eigenvalue weighted by molar-refractivity contribution is -0.145. The molecule has 0 unspecified atom stereocenters. The number of rotatable bonds is 5. The van der Waals surface area contributed by atoms with Crippen LogP contribution in [-0.2, 0) is 16.1 Å². The molecule has 2 aromatic heterocycles. The molecule has 178 valence electrons. The van der Waals surface area contributed by atoms with E-state index in [-0.39, 0.29) is 24.5 Å². The van der Waals surface area contributed by atoms with Crippen LogP contribution in [0.3, 0.4) is 0 Å². The summed E-state index contributed by atoms with van der Waals surface area (Å²) < 4.78 is 7.47. The van der Waals surface area contributed by atoms with Crippen LogP contribution in [0, 0.1) is 0 Å². The normalized spacial score (nSPS) is 19.0. The maximum atomic E-state index is 14.1. The average molecular weight is 478 g/mol. The monoisotopic (exact) mass is 477 g/mol. The highest BCUT2D eigenvalue weighted by Crippen LogP contribution is 2.39. The predicted molar refractivity (Wildman–Crippen MR) is 133 cm³/mol. The van der Waals surface area contributed by atoms with Crippen molar-refractivity contribution in [2.75, 3.05) is 6.61 Å². The molecule has 0 saturated heterocycles. The molecule has 2 amide bonds. The molecule has 1 N–H and O–H groups in total. The first-order valence-corrected chi connectivity index (χ1v) is 13.0. The molecule has 3 aromatic rings. The van der Waals surface area contributed by atoms with E-state index in [2.05, 4.69) is 45.7 Å². The summed E-state index contributed by atoms with van der Waals surface area (Å²) in [5.74, 6) is -0.241. The van der Waals surface area contributed by atoms with Crippen LogP contribution in [0.15, 0.2) is 60.1 Å². The van der Waals surface area contributed by atoms with E-state index in [0.29, 0.717) is 13.2 Å². The summed E-state index contributed by atoms with van der Waals surface area (Å²) in [5.41, 5.74) is 2.69. The molecule has 34 heavy (non-hydrogen) atoms. The number of thiophene rings is 1. The fourth-order valence-electron chi connectivity index (χ4n) is 5.45. The molecular formula is C27H31N3O3S. The summed E-state index contributed by atoms with van der Waals surface area (Å²) in [5, 5.41) is 5.40. The van der Waals surface area contributed by atoms with Crippen LogP contribution in [0.5, 0.6) is 0 Å². The Morgan fingerprint density at radius 3 is 2.68 bits per heavy atom. The van der Waals surface area contributed by atoms with Crippen molar-refractivity contribution in [2.24, 2.45) is 0 Å². The van der Waals surface area contributed by atoms with Gasteiger partial charge in [0.05, 0.1) is 36.5 Å². The van der Waals surface area contributed by atoms with E-state index in [1.807, 2.05) is 36.1 Å². The number of nitrogens with one attached hydrogen (secondary N) is 1. The molecule has 2 aliphatic rings. The fourth-order valence-corrected chi connectivity index (χ4v) is 6.30. The van der Waals surface area contributed by atoms with Gasteiger partial charge in [-0.1, -0.05) is 43.5 Å². The van der Waals surface area contributed by atoms with E-state index in [4.69, 9.17) is 4.74 Å². The van der Waals surface area contributed by atoms with Crippen LogP contribution >= 0.6 is 11.3 Å². The Kier molecular flexibility index (Phi) is 6.46. The number of para-hydroxylation sites is 1. The number of aromatic nitrogens is 1. The van der Waals surface area contributed by atoms with E-state index in [1.165, 1.54) is 0 Å². The zero-order chi connectivity index (χ0) is 23.5. The molecule has 7 heteroatoms. The van der Waals surface area contributed by atoms with Gasteiger partial charge in [-0.05, 0) is 55.0 Å². The lowest BCUT2D eigenvalue weighted by Crippen LogP contribution is -2.55. The van der Waals surface area contributed by atoms with Crippen molar-refractivity contribution in [1.82, 2.24) is 14.8 Å². The van der Waals surface area contributed by atoms with Crippen LogP contribution in [0.1, 0.15) is 67.6 Å². The molecule has 1 atom stereocenters. The Morgan fingerprint density at radius 2 is 1.91 bits per heavy atom. The van der Waals surface area contributed by atoms with Gasteiger partial charge in [0.25, 0.3) is 0 Å². The summed E-state index contributed by atoms with van der Waals surface area (Å²) in [6.45, 7) is 2.66. The maximum absolute atomic E-state index is 14.1. The van der Waals surface area contributed by atoms with Crippen molar-refractivity contribution in [1.29, 1.82) is 0 Å². The zero-order valence-corrected chi connectivity index (χ0v) is 20.4. The standard InChI is InChI=1S/C27H31N3O3S/c1-2-33-24(31)18-27(14-6-3-7-15-27)28-26(32)30-19-20-10-4-5-11-21(20)29-16-8-12-22(29)25(30)23-13-9-17-34-23/h4-5,8-13,16-17,25H,2-3,6-7,14-15,18-19H2,1H3,(H,28,32)/t25-/m0/s1. The highest BCUT2D eigenvalue weighted by atomic mass is 32.1. The quantitative estimate of drug-likeness (QED) is 0.472. The number of hydrogen-bond donors (Lipinski definition) is 1. The smallest absolute Gasteiger partial charge is 0.319 e. The maximum Gasteiger partial charge on any atom is 0.319 e. The summed E-state index contributed by atoms with van der Waals surface area (Å²) in [4.78, 5) is 29.6. The molecule has 0 radical (unpaired) electrons. The Hall–Kier alpha value is -3.06. The minimum Gasteiger partial charge on any atom is -0.466 e. The van der Waals surface area contributed by atoms with E-state index in [1.54, 1.807) is 11.3 Å². The number of fused-ring (bicyclic) bond motifs is 3. The SMILES string of the molecule is CCOC(=O)CC1(NC(=O)N2Cc3ccccc3-n3cccc3[C@H]2c2cccs2)CCCCC1. The Balaban J connectivity index is 1.53. The second kappa shape index (κ2) is 9.66. The topological polar surface area (TPSA) is 63.6 Å². The molecule has 1 aliphatic carbocycles.